The van der Waals surface area contributed by atoms with E-state index in [1.807, 2.05) is 16.8 Å². The number of nitrogens with zero attached hydrogens (tertiary/aromatic N) is 1. The molecule has 0 aliphatic carbocycles. The van der Waals surface area contributed by atoms with Gasteiger partial charge in [-0.2, -0.15) is 11.3 Å². The number of anilines is 1. The van der Waals surface area contributed by atoms with E-state index >= 15 is 0 Å². The number of carbonyl (C=O) groups is 2. The molecule has 7 nitrogen and oxygen atoms in total. The predicted molar refractivity (Wildman–Crippen MR) is 72.2 cm³/mol. The van der Waals surface area contributed by atoms with Crippen LogP contribution in [-0.4, -0.2) is 30.6 Å². The lowest BCUT2D eigenvalue weighted by atomic mass is 10.2. The fourth-order valence-corrected chi connectivity index (χ4v) is 2.21. The van der Waals surface area contributed by atoms with Gasteiger partial charge in [-0.25, -0.2) is 0 Å². The molecule has 0 radical (unpaired) electrons. The summed E-state index contributed by atoms with van der Waals surface area (Å²) in [4.78, 5) is 23.2. The monoisotopic (exact) mass is 295 g/mol. The van der Waals surface area contributed by atoms with Crippen LogP contribution in [0.25, 0.3) is 0 Å². The van der Waals surface area contributed by atoms with Gasteiger partial charge >= 0.3 is 11.8 Å². The van der Waals surface area contributed by atoms with Crippen molar-refractivity contribution in [3.63, 3.8) is 0 Å². The molecule has 1 unspecified atom stereocenters. The van der Waals surface area contributed by atoms with E-state index < -0.39 is 11.8 Å². The maximum absolute atomic E-state index is 11.6. The molecule has 8 heteroatoms. The molecule has 2 N–H and O–H groups in total. The Balaban J connectivity index is 1.83. The minimum absolute atomic E-state index is 0.186. The molecule has 0 saturated heterocycles. The van der Waals surface area contributed by atoms with E-state index in [-0.39, 0.29) is 18.5 Å². The maximum Gasteiger partial charge on any atom is 0.314 e. The molecule has 2 aromatic heterocycles. The zero-order valence-electron chi connectivity index (χ0n) is 10.7. The Morgan fingerprint density at radius 1 is 1.45 bits per heavy atom. The molecule has 2 amide bonds. The van der Waals surface area contributed by atoms with Gasteiger partial charge in [-0.15, -0.1) is 0 Å². The lowest BCUT2D eigenvalue weighted by molar-refractivity contribution is -0.136. The largest absolute Gasteiger partial charge is 0.375 e. The zero-order chi connectivity index (χ0) is 14.4. The lowest BCUT2D eigenvalue weighted by Crippen LogP contribution is -2.37. The predicted octanol–water partition coefficient (Wildman–Crippen LogP) is 1.18. The van der Waals surface area contributed by atoms with Gasteiger partial charge in [-0.1, -0.05) is 5.16 Å². The van der Waals surface area contributed by atoms with Crippen molar-refractivity contribution < 1.29 is 18.8 Å². The molecule has 0 aromatic carbocycles. The van der Waals surface area contributed by atoms with E-state index in [4.69, 9.17) is 4.74 Å². The van der Waals surface area contributed by atoms with Gasteiger partial charge in [0.05, 0.1) is 0 Å². The molecule has 0 spiro atoms. The van der Waals surface area contributed by atoms with Crippen LogP contribution in [0.2, 0.25) is 0 Å². The van der Waals surface area contributed by atoms with Gasteiger partial charge in [-0.05, 0) is 22.4 Å². The average molecular weight is 295 g/mol. The summed E-state index contributed by atoms with van der Waals surface area (Å²) in [5.74, 6) is -1.38. The standard InChI is InChI=1S/C12H13N3O4S/c1-18-9(8-3-5-20-7-8)6-13-11(16)12(17)14-10-2-4-19-15-10/h2-5,7,9H,6H2,1H3,(H,13,16)(H,14,15,17). The number of rotatable bonds is 5. The van der Waals surface area contributed by atoms with Crippen molar-refractivity contribution in [2.45, 2.75) is 6.10 Å². The van der Waals surface area contributed by atoms with Crippen LogP contribution in [0.15, 0.2) is 33.7 Å². The molecular weight excluding hydrogens is 282 g/mol. The van der Waals surface area contributed by atoms with Crippen molar-refractivity contribution in [2.24, 2.45) is 0 Å². The molecule has 2 heterocycles. The van der Waals surface area contributed by atoms with E-state index in [0.717, 1.165) is 5.56 Å². The molecule has 2 rings (SSSR count). The summed E-state index contributed by atoms with van der Waals surface area (Å²) in [6.45, 7) is 0.207. The van der Waals surface area contributed by atoms with E-state index in [9.17, 15) is 9.59 Å². The van der Waals surface area contributed by atoms with Crippen LogP contribution in [0.5, 0.6) is 0 Å². The Kier molecular flexibility index (Phi) is 4.85. The molecule has 20 heavy (non-hydrogen) atoms. The molecule has 2 aromatic rings. The van der Waals surface area contributed by atoms with Gasteiger partial charge < -0.3 is 14.6 Å². The Bertz CT molecular complexity index is 553. The molecular formula is C12H13N3O4S. The Morgan fingerprint density at radius 2 is 2.30 bits per heavy atom. The summed E-state index contributed by atoms with van der Waals surface area (Å²) < 4.78 is 9.81. The third-order valence-corrected chi connectivity index (χ3v) is 3.23. The first-order valence-electron chi connectivity index (χ1n) is 5.75. The van der Waals surface area contributed by atoms with Gasteiger partial charge in [0.15, 0.2) is 5.82 Å². The normalized spacial score (nSPS) is 11.8. The van der Waals surface area contributed by atoms with Crippen LogP contribution in [0.1, 0.15) is 11.7 Å². The van der Waals surface area contributed by atoms with Crippen LogP contribution < -0.4 is 10.6 Å². The minimum Gasteiger partial charge on any atom is -0.375 e. The van der Waals surface area contributed by atoms with Crippen LogP contribution in [0, 0.1) is 0 Å². The number of nitrogens with one attached hydrogen (secondary N) is 2. The average Bonchev–Trinajstić information content (AvgIpc) is 3.12. The zero-order valence-corrected chi connectivity index (χ0v) is 11.5. The van der Waals surface area contributed by atoms with Crippen molar-refractivity contribution >= 4 is 29.0 Å². The first-order valence-corrected chi connectivity index (χ1v) is 6.69. The molecule has 0 saturated carbocycles. The lowest BCUT2D eigenvalue weighted by Gasteiger charge is -2.14. The number of carbonyl (C=O) groups excluding carboxylic acids is 2. The smallest absolute Gasteiger partial charge is 0.314 e. The van der Waals surface area contributed by atoms with Crippen LogP contribution in [0.4, 0.5) is 5.82 Å². The SMILES string of the molecule is COC(CNC(=O)C(=O)Nc1ccon1)c1ccsc1. The number of hydrogen-bond donors (Lipinski definition) is 2. The molecule has 0 aliphatic rings. The fraction of sp³-hybridized carbons (Fsp3) is 0.250. The number of methoxy groups -OCH3 is 1. The number of aromatic nitrogens is 1. The second-order valence-corrected chi connectivity index (χ2v) is 4.61. The van der Waals surface area contributed by atoms with Gasteiger partial charge in [-0.3, -0.25) is 14.9 Å². The summed E-state index contributed by atoms with van der Waals surface area (Å²) in [5, 5.41) is 12.1. The highest BCUT2D eigenvalue weighted by atomic mass is 32.1. The molecule has 0 aliphatic heterocycles. The van der Waals surface area contributed by atoms with Crippen LogP contribution in [-0.2, 0) is 14.3 Å². The van der Waals surface area contributed by atoms with E-state index in [2.05, 4.69) is 20.3 Å². The Labute approximate surface area is 118 Å². The van der Waals surface area contributed by atoms with Crippen LogP contribution >= 0.6 is 11.3 Å². The van der Waals surface area contributed by atoms with E-state index in [0.29, 0.717) is 0 Å². The highest BCUT2D eigenvalue weighted by molar-refractivity contribution is 7.07. The summed E-state index contributed by atoms with van der Waals surface area (Å²) in [5.41, 5.74) is 0.953. The third kappa shape index (κ3) is 3.65. The Hall–Kier alpha value is -2.19. The first kappa shape index (κ1) is 14.2. The van der Waals surface area contributed by atoms with Gasteiger partial charge in [0.25, 0.3) is 0 Å². The highest BCUT2D eigenvalue weighted by Crippen LogP contribution is 2.18. The number of thiophene rings is 1. The van der Waals surface area contributed by atoms with Gasteiger partial charge in [0.2, 0.25) is 0 Å². The maximum atomic E-state index is 11.6. The van der Waals surface area contributed by atoms with Crippen molar-refractivity contribution in [2.75, 3.05) is 19.0 Å². The van der Waals surface area contributed by atoms with Gasteiger partial charge in [0, 0.05) is 19.7 Å². The minimum atomic E-state index is -0.806. The highest BCUT2D eigenvalue weighted by Gasteiger charge is 2.18. The summed E-state index contributed by atoms with van der Waals surface area (Å²) in [6.07, 6.45) is 1.01. The molecule has 106 valence electrons. The quantitative estimate of drug-likeness (QED) is 0.808. The number of hydrogen-bond acceptors (Lipinski definition) is 6. The fourth-order valence-electron chi connectivity index (χ4n) is 1.51. The van der Waals surface area contributed by atoms with Crippen molar-refractivity contribution in [1.29, 1.82) is 0 Å². The van der Waals surface area contributed by atoms with E-state index in [1.54, 1.807) is 7.11 Å². The van der Waals surface area contributed by atoms with Gasteiger partial charge in [0.1, 0.15) is 12.4 Å². The van der Waals surface area contributed by atoms with E-state index in [1.165, 1.54) is 23.7 Å². The molecule has 1 atom stereocenters. The summed E-state index contributed by atoms with van der Waals surface area (Å²) in [7, 11) is 1.55. The Morgan fingerprint density at radius 3 is 2.90 bits per heavy atom. The second kappa shape index (κ2) is 6.83. The summed E-state index contributed by atoms with van der Waals surface area (Å²) >= 11 is 1.54. The van der Waals surface area contributed by atoms with Crippen molar-refractivity contribution in [3.05, 3.63) is 34.7 Å². The van der Waals surface area contributed by atoms with Crippen molar-refractivity contribution in [1.82, 2.24) is 10.5 Å². The first-order chi connectivity index (χ1) is 9.70. The topological polar surface area (TPSA) is 93.5 Å². The van der Waals surface area contributed by atoms with Crippen molar-refractivity contribution in [3.8, 4) is 0 Å². The summed E-state index contributed by atoms with van der Waals surface area (Å²) in [6, 6.07) is 3.34. The van der Waals surface area contributed by atoms with Crippen LogP contribution in [0.3, 0.4) is 0 Å². The second-order valence-electron chi connectivity index (χ2n) is 3.83. The molecule has 0 fully saturated rings. The third-order valence-electron chi connectivity index (χ3n) is 2.53. The molecule has 0 bridgehead atoms. The number of ether oxygens (including phenoxy) is 1. The number of amides is 2.